The zero-order valence-electron chi connectivity index (χ0n) is 15.5. The Bertz CT molecular complexity index is 762. The Labute approximate surface area is 153 Å². The molecule has 2 rings (SSSR count). The molecule has 0 amide bonds. The first-order valence-electron chi connectivity index (χ1n) is 8.06. The van der Waals surface area contributed by atoms with E-state index in [1.165, 1.54) is 0 Å². The Morgan fingerprint density at radius 2 is 1.62 bits per heavy atom. The van der Waals surface area contributed by atoms with E-state index in [0.29, 0.717) is 30.5 Å². The Kier molecular flexibility index (Phi) is 6.96. The van der Waals surface area contributed by atoms with Crippen molar-refractivity contribution < 1.29 is 18.9 Å². The van der Waals surface area contributed by atoms with Gasteiger partial charge >= 0.3 is 0 Å². The second-order valence-corrected chi connectivity index (χ2v) is 5.42. The van der Waals surface area contributed by atoms with Crippen molar-refractivity contribution in [3.63, 3.8) is 0 Å². The van der Waals surface area contributed by atoms with Crippen molar-refractivity contribution in [3.8, 4) is 23.0 Å². The molecule has 0 aliphatic rings. The van der Waals surface area contributed by atoms with Gasteiger partial charge in [0.1, 0.15) is 11.5 Å². The molecule has 26 heavy (non-hydrogen) atoms. The Balaban J connectivity index is 1.99. The Hall–Kier alpha value is -3.09. The second-order valence-electron chi connectivity index (χ2n) is 5.42. The quantitative estimate of drug-likeness (QED) is 0.556. The van der Waals surface area contributed by atoms with Crippen molar-refractivity contribution in [2.24, 2.45) is 10.7 Å². The van der Waals surface area contributed by atoms with E-state index in [9.17, 15) is 0 Å². The minimum atomic E-state index is 0.345. The average Bonchev–Trinajstić information content (AvgIpc) is 2.70. The lowest BCUT2D eigenvalue weighted by molar-refractivity contribution is 0.354. The van der Waals surface area contributed by atoms with Gasteiger partial charge < -0.3 is 30.0 Å². The van der Waals surface area contributed by atoms with Gasteiger partial charge in [0.2, 0.25) is 0 Å². The van der Waals surface area contributed by atoms with Crippen LogP contribution in [0.15, 0.2) is 41.4 Å². The zero-order chi connectivity index (χ0) is 18.9. The summed E-state index contributed by atoms with van der Waals surface area (Å²) in [5.74, 6) is 3.15. The number of nitrogens with zero attached hydrogens (tertiary/aromatic N) is 1. The summed E-state index contributed by atoms with van der Waals surface area (Å²) in [6, 6.07) is 11.3. The SMILES string of the molecule is COc1ccc(CNC(N)=NCc2ccc(OC)c(OC)c2)c(OC)c1. The number of ether oxygens (including phenoxy) is 4. The third-order valence-corrected chi connectivity index (χ3v) is 3.83. The van der Waals surface area contributed by atoms with Gasteiger partial charge in [0.25, 0.3) is 0 Å². The monoisotopic (exact) mass is 359 g/mol. The van der Waals surface area contributed by atoms with Gasteiger partial charge in [-0.05, 0) is 29.8 Å². The fourth-order valence-electron chi connectivity index (χ4n) is 2.40. The van der Waals surface area contributed by atoms with Gasteiger partial charge in [0.15, 0.2) is 17.5 Å². The number of nitrogens with two attached hydrogens (primary N) is 1. The minimum absolute atomic E-state index is 0.345. The number of hydrogen-bond acceptors (Lipinski definition) is 5. The minimum Gasteiger partial charge on any atom is -0.497 e. The predicted octanol–water partition coefficient (Wildman–Crippen LogP) is 2.33. The number of nitrogens with one attached hydrogen (secondary N) is 1. The first kappa shape index (κ1) is 19.2. The van der Waals surface area contributed by atoms with Gasteiger partial charge in [0, 0.05) is 18.2 Å². The number of benzene rings is 2. The van der Waals surface area contributed by atoms with Crippen LogP contribution in [0.1, 0.15) is 11.1 Å². The molecule has 0 atom stereocenters. The molecular formula is C19H25N3O4. The van der Waals surface area contributed by atoms with E-state index in [1.807, 2.05) is 36.4 Å². The van der Waals surface area contributed by atoms with Gasteiger partial charge in [-0.3, -0.25) is 0 Å². The Morgan fingerprint density at radius 1 is 0.885 bits per heavy atom. The second kappa shape index (κ2) is 9.41. The van der Waals surface area contributed by atoms with Crippen molar-refractivity contribution in [3.05, 3.63) is 47.5 Å². The van der Waals surface area contributed by atoms with Gasteiger partial charge in [-0.25, -0.2) is 4.99 Å². The van der Waals surface area contributed by atoms with Crippen LogP contribution in [0.4, 0.5) is 0 Å². The summed E-state index contributed by atoms with van der Waals surface area (Å²) in [6.45, 7) is 0.924. The van der Waals surface area contributed by atoms with Crippen molar-refractivity contribution in [2.75, 3.05) is 28.4 Å². The summed E-state index contributed by atoms with van der Waals surface area (Å²) in [5, 5.41) is 3.08. The largest absolute Gasteiger partial charge is 0.497 e. The molecule has 2 aromatic carbocycles. The van der Waals surface area contributed by atoms with Gasteiger partial charge in [-0.15, -0.1) is 0 Å². The fraction of sp³-hybridized carbons (Fsp3) is 0.316. The van der Waals surface area contributed by atoms with Crippen LogP contribution in [-0.2, 0) is 13.1 Å². The maximum Gasteiger partial charge on any atom is 0.189 e. The molecule has 0 fully saturated rings. The van der Waals surface area contributed by atoms with Crippen LogP contribution in [0.3, 0.4) is 0 Å². The molecule has 0 bridgehead atoms. The van der Waals surface area contributed by atoms with Gasteiger partial charge in [0.05, 0.1) is 35.0 Å². The molecule has 0 radical (unpaired) electrons. The molecule has 0 aromatic heterocycles. The van der Waals surface area contributed by atoms with Crippen LogP contribution in [0, 0.1) is 0 Å². The van der Waals surface area contributed by atoms with E-state index >= 15 is 0 Å². The van der Waals surface area contributed by atoms with Gasteiger partial charge in [-0.1, -0.05) is 6.07 Å². The van der Waals surface area contributed by atoms with E-state index in [1.54, 1.807) is 28.4 Å². The fourth-order valence-corrected chi connectivity index (χ4v) is 2.40. The van der Waals surface area contributed by atoms with E-state index in [0.717, 1.165) is 22.6 Å². The van der Waals surface area contributed by atoms with Crippen LogP contribution in [0.2, 0.25) is 0 Å². The van der Waals surface area contributed by atoms with Gasteiger partial charge in [-0.2, -0.15) is 0 Å². The molecule has 0 saturated carbocycles. The highest BCUT2D eigenvalue weighted by Gasteiger charge is 2.06. The molecule has 140 valence electrons. The van der Waals surface area contributed by atoms with E-state index in [2.05, 4.69) is 10.3 Å². The molecule has 7 nitrogen and oxygen atoms in total. The third kappa shape index (κ3) is 4.95. The first-order chi connectivity index (χ1) is 12.6. The van der Waals surface area contributed by atoms with Crippen molar-refractivity contribution in [2.45, 2.75) is 13.1 Å². The maximum absolute atomic E-state index is 5.96. The molecule has 7 heteroatoms. The lowest BCUT2D eigenvalue weighted by Crippen LogP contribution is -2.31. The summed E-state index contributed by atoms with van der Waals surface area (Å²) in [4.78, 5) is 4.35. The number of aliphatic imine (C=N–C) groups is 1. The summed E-state index contributed by atoms with van der Waals surface area (Å²) in [5.41, 5.74) is 7.88. The van der Waals surface area contributed by atoms with Crippen molar-refractivity contribution in [1.29, 1.82) is 0 Å². The van der Waals surface area contributed by atoms with Crippen LogP contribution in [-0.4, -0.2) is 34.4 Å². The van der Waals surface area contributed by atoms with E-state index < -0.39 is 0 Å². The number of guanidine groups is 1. The van der Waals surface area contributed by atoms with E-state index in [-0.39, 0.29) is 0 Å². The number of rotatable bonds is 8. The number of methoxy groups -OCH3 is 4. The smallest absolute Gasteiger partial charge is 0.189 e. The summed E-state index contributed by atoms with van der Waals surface area (Å²) < 4.78 is 21.1. The Morgan fingerprint density at radius 3 is 2.27 bits per heavy atom. The number of hydrogen-bond donors (Lipinski definition) is 2. The van der Waals surface area contributed by atoms with Crippen molar-refractivity contribution in [1.82, 2.24) is 5.32 Å². The lowest BCUT2D eigenvalue weighted by atomic mass is 10.2. The normalized spacial score (nSPS) is 11.0. The van der Waals surface area contributed by atoms with Crippen molar-refractivity contribution >= 4 is 5.96 Å². The molecule has 0 aliphatic carbocycles. The van der Waals surface area contributed by atoms with Crippen LogP contribution in [0.5, 0.6) is 23.0 Å². The molecule has 0 unspecified atom stereocenters. The van der Waals surface area contributed by atoms with Crippen LogP contribution >= 0.6 is 0 Å². The molecule has 2 aromatic rings. The highest BCUT2D eigenvalue weighted by molar-refractivity contribution is 5.77. The van der Waals surface area contributed by atoms with Crippen LogP contribution in [0.25, 0.3) is 0 Å². The van der Waals surface area contributed by atoms with E-state index in [4.69, 9.17) is 24.7 Å². The highest BCUT2D eigenvalue weighted by atomic mass is 16.5. The summed E-state index contributed by atoms with van der Waals surface area (Å²) in [7, 11) is 6.44. The molecule has 0 saturated heterocycles. The highest BCUT2D eigenvalue weighted by Crippen LogP contribution is 2.27. The topological polar surface area (TPSA) is 87.3 Å². The summed E-state index contributed by atoms with van der Waals surface area (Å²) in [6.07, 6.45) is 0. The average molecular weight is 359 g/mol. The first-order valence-corrected chi connectivity index (χ1v) is 8.06. The van der Waals surface area contributed by atoms with Crippen LogP contribution < -0.4 is 30.0 Å². The standard InChI is InChI=1S/C19H25N3O4/c1-23-15-7-6-14(17(10-15)25-3)12-22-19(20)21-11-13-5-8-16(24-2)18(9-13)26-4/h5-10H,11-12H2,1-4H3,(H3,20,21,22). The molecule has 0 spiro atoms. The molecule has 3 N–H and O–H groups in total. The molecule has 0 aliphatic heterocycles. The third-order valence-electron chi connectivity index (χ3n) is 3.83. The maximum atomic E-state index is 5.96. The summed E-state index contributed by atoms with van der Waals surface area (Å²) >= 11 is 0. The lowest BCUT2D eigenvalue weighted by Gasteiger charge is -2.12. The molecule has 0 heterocycles. The molecular weight excluding hydrogens is 334 g/mol. The zero-order valence-corrected chi connectivity index (χ0v) is 15.5. The predicted molar refractivity (Wildman–Crippen MR) is 101 cm³/mol.